The van der Waals surface area contributed by atoms with Gasteiger partial charge in [0.2, 0.25) is 5.88 Å². The van der Waals surface area contributed by atoms with Crippen LogP contribution in [0.4, 0.5) is 4.39 Å². The van der Waals surface area contributed by atoms with Crippen LogP contribution in [-0.4, -0.2) is 31.7 Å². The smallest absolute Gasteiger partial charge is 0.215 e. The number of aromatic nitrogens is 5. The van der Waals surface area contributed by atoms with Gasteiger partial charge in [0.25, 0.3) is 0 Å². The Hall–Kier alpha value is -3.09. The summed E-state index contributed by atoms with van der Waals surface area (Å²) < 4.78 is 20.8. The first-order chi connectivity index (χ1) is 11.6. The minimum Gasteiger partial charge on any atom is -0.481 e. The number of nitrogens with zero attached hydrogens (tertiary/aromatic N) is 5. The summed E-state index contributed by atoms with van der Waals surface area (Å²) in [6.45, 7) is 3.75. The van der Waals surface area contributed by atoms with Crippen molar-refractivity contribution in [3.63, 3.8) is 0 Å². The molecule has 0 radical (unpaired) electrons. The van der Waals surface area contributed by atoms with Crippen LogP contribution in [0.5, 0.6) is 5.88 Å². The predicted octanol–water partition coefficient (Wildman–Crippen LogP) is 3.10. The molecule has 0 aliphatic rings. The summed E-state index contributed by atoms with van der Waals surface area (Å²) >= 11 is 0. The Morgan fingerprint density at radius 3 is 2.62 bits per heavy atom. The van der Waals surface area contributed by atoms with Gasteiger partial charge in [-0.15, -0.1) is 10.2 Å². The molecular formula is C17H14FN5O. The van der Waals surface area contributed by atoms with Crippen molar-refractivity contribution in [1.29, 1.82) is 0 Å². The topological polar surface area (TPSA) is 65.2 Å². The second-order valence-electron chi connectivity index (χ2n) is 5.54. The maximum absolute atomic E-state index is 13.8. The zero-order chi connectivity index (χ0) is 16.8. The summed E-state index contributed by atoms with van der Waals surface area (Å²) in [5, 5.41) is 8.43. The molecule has 7 heteroatoms. The lowest BCUT2D eigenvalue weighted by molar-refractivity contribution is 0.399. The summed E-state index contributed by atoms with van der Waals surface area (Å²) in [7, 11) is 1.55. The van der Waals surface area contributed by atoms with Crippen molar-refractivity contribution in [3.05, 3.63) is 47.4 Å². The molecule has 0 atom stereocenters. The molecule has 6 nitrogen and oxygen atoms in total. The highest BCUT2D eigenvalue weighted by Gasteiger charge is 2.18. The molecule has 0 spiro atoms. The quantitative estimate of drug-likeness (QED) is 0.567. The van der Waals surface area contributed by atoms with Crippen LogP contribution < -0.4 is 4.74 Å². The fourth-order valence-electron chi connectivity index (χ4n) is 2.74. The lowest BCUT2D eigenvalue weighted by Crippen LogP contribution is -2.01. The summed E-state index contributed by atoms with van der Waals surface area (Å²) in [5.74, 6) is 0.729. The molecular weight excluding hydrogens is 309 g/mol. The highest BCUT2D eigenvalue weighted by atomic mass is 19.1. The van der Waals surface area contributed by atoms with Gasteiger partial charge in [-0.25, -0.2) is 9.37 Å². The lowest BCUT2D eigenvalue weighted by atomic mass is 10.1. The van der Waals surface area contributed by atoms with E-state index in [0.717, 1.165) is 5.56 Å². The van der Waals surface area contributed by atoms with Gasteiger partial charge in [-0.3, -0.25) is 4.40 Å². The van der Waals surface area contributed by atoms with Crippen molar-refractivity contribution in [2.45, 2.75) is 13.8 Å². The van der Waals surface area contributed by atoms with Crippen LogP contribution in [0.25, 0.3) is 28.2 Å². The van der Waals surface area contributed by atoms with Crippen molar-refractivity contribution in [3.8, 4) is 17.3 Å². The van der Waals surface area contributed by atoms with Gasteiger partial charge in [0.1, 0.15) is 17.2 Å². The van der Waals surface area contributed by atoms with E-state index in [9.17, 15) is 4.39 Å². The highest BCUT2D eigenvalue weighted by molar-refractivity contribution is 5.78. The molecule has 0 N–H and O–H groups in total. The molecule has 24 heavy (non-hydrogen) atoms. The Morgan fingerprint density at radius 2 is 1.83 bits per heavy atom. The summed E-state index contributed by atoms with van der Waals surface area (Å²) in [6.07, 6.45) is 0. The molecule has 0 saturated carbocycles. The average Bonchev–Trinajstić information content (AvgIpc) is 2.93. The standard InChI is InChI=1S/C17H14FN5O/c1-9-4-5-11(18)8-12(9)16-19-10(2)15-22-21-13-6-7-14(24-3)20-17(13)23(15)16/h4-8H,1-3H3. The van der Waals surface area contributed by atoms with Crippen LogP contribution >= 0.6 is 0 Å². The van der Waals surface area contributed by atoms with E-state index < -0.39 is 0 Å². The number of aryl methyl sites for hydroxylation is 2. The largest absolute Gasteiger partial charge is 0.481 e. The van der Waals surface area contributed by atoms with E-state index in [2.05, 4.69) is 20.2 Å². The lowest BCUT2D eigenvalue weighted by Gasteiger charge is -2.08. The number of methoxy groups -OCH3 is 1. The van der Waals surface area contributed by atoms with E-state index in [-0.39, 0.29) is 5.82 Å². The second-order valence-corrected chi connectivity index (χ2v) is 5.54. The van der Waals surface area contributed by atoms with E-state index in [4.69, 9.17) is 4.74 Å². The number of benzene rings is 1. The first-order valence-corrected chi connectivity index (χ1v) is 7.41. The van der Waals surface area contributed by atoms with Crippen LogP contribution in [0.2, 0.25) is 0 Å². The second kappa shape index (κ2) is 5.23. The minimum absolute atomic E-state index is 0.318. The molecule has 120 valence electrons. The van der Waals surface area contributed by atoms with E-state index in [1.807, 2.05) is 13.8 Å². The Kier molecular flexibility index (Phi) is 3.16. The third-order valence-corrected chi connectivity index (χ3v) is 3.96. The van der Waals surface area contributed by atoms with Crippen molar-refractivity contribution in [2.75, 3.05) is 7.11 Å². The monoisotopic (exact) mass is 323 g/mol. The average molecular weight is 323 g/mol. The zero-order valence-corrected chi connectivity index (χ0v) is 13.4. The Balaban J connectivity index is 2.16. The van der Waals surface area contributed by atoms with Crippen LogP contribution in [0.3, 0.4) is 0 Å². The molecule has 1 aromatic carbocycles. The van der Waals surface area contributed by atoms with Crippen molar-refractivity contribution >= 4 is 16.8 Å². The Bertz CT molecular complexity index is 1090. The van der Waals surface area contributed by atoms with Crippen LogP contribution in [0.15, 0.2) is 30.3 Å². The Morgan fingerprint density at radius 1 is 1.00 bits per heavy atom. The van der Waals surface area contributed by atoms with Gasteiger partial charge in [-0.05, 0) is 37.6 Å². The maximum Gasteiger partial charge on any atom is 0.215 e. The molecule has 0 unspecified atom stereocenters. The minimum atomic E-state index is -0.318. The van der Waals surface area contributed by atoms with Gasteiger partial charge in [-0.1, -0.05) is 6.07 Å². The van der Waals surface area contributed by atoms with Crippen molar-refractivity contribution < 1.29 is 9.13 Å². The third-order valence-electron chi connectivity index (χ3n) is 3.96. The number of rotatable bonds is 2. The first kappa shape index (κ1) is 14.5. The van der Waals surface area contributed by atoms with Crippen LogP contribution in [0, 0.1) is 19.7 Å². The van der Waals surface area contributed by atoms with E-state index >= 15 is 0 Å². The van der Waals surface area contributed by atoms with Gasteiger partial charge in [0, 0.05) is 11.6 Å². The molecule has 0 aliphatic carbocycles. The third kappa shape index (κ3) is 2.09. The number of pyridine rings is 1. The van der Waals surface area contributed by atoms with Gasteiger partial charge in [0.15, 0.2) is 11.3 Å². The number of ether oxygens (including phenoxy) is 1. The molecule has 0 aliphatic heterocycles. The van der Waals surface area contributed by atoms with Gasteiger partial charge < -0.3 is 4.74 Å². The molecule has 0 bridgehead atoms. The maximum atomic E-state index is 13.8. The number of imidazole rings is 1. The van der Waals surface area contributed by atoms with Gasteiger partial charge in [-0.2, -0.15) is 4.98 Å². The molecule has 4 aromatic rings. The van der Waals surface area contributed by atoms with Crippen LogP contribution in [0.1, 0.15) is 11.3 Å². The normalized spacial score (nSPS) is 11.3. The molecule has 3 heterocycles. The van der Waals surface area contributed by atoms with Crippen molar-refractivity contribution in [1.82, 2.24) is 24.6 Å². The highest BCUT2D eigenvalue weighted by Crippen LogP contribution is 2.28. The zero-order valence-electron chi connectivity index (χ0n) is 13.4. The van der Waals surface area contributed by atoms with Crippen molar-refractivity contribution in [2.24, 2.45) is 0 Å². The van der Waals surface area contributed by atoms with E-state index in [1.54, 1.807) is 29.7 Å². The number of halogens is 1. The summed E-state index contributed by atoms with van der Waals surface area (Å²) in [5.41, 5.74) is 4.07. The number of hydrogen-bond acceptors (Lipinski definition) is 5. The van der Waals surface area contributed by atoms with Gasteiger partial charge in [0.05, 0.1) is 12.8 Å². The molecule has 0 amide bonds. The fourth-order valence-corrected chi connectivity index (χ4v) is 2.74. The van der Waals surface area contributed by atoms with E-state index in [0.29, 0.717) is 39.8 Å². The fraction of sp³-hybridized carbons (Fsp3) is 0.176. The molecule has 0 saturated heterocycles. The molecule has 3 aromatic heterocycles. The predicted molar refractivity (Wildman–Crippen MR) is 87.5 cm³/mol. The van der Waals surface area contributed by atoms with Gasteiger partial charge >= 0.3 is 0 Å². The number of fused-ring (bicyclic) bond motifs is 3. The summed E-state index contributed by atoms with van der Waals surface area (Å²) in [6, 6.07) is 8.13. The van der Waals surface area contributed by atoms with Crippen LogP contribution in [-0.2, 0) is 0 Å². The molecule has 0 fully saturated rings. The SMILES string of the molecule is COc1ccc2nnc3c(C)nc(-c4cc(F)ccc4C)n3c2n1. The Labute approximate surface area is 137 Å². The number of hydrogen-bond donors (Lipinski definition) is 0. The first-order valence-electron chi connectivity index (χ1n) is 7.41. The molecule has 4 rings (SSSR count). The van der Waals surface area contributed by atoms with E-state index in [1.165, 1.54) is 12.1 Å². The summed E-state index contributed by atoms with van der Waals surface area (Å²) in [4.78, 5) is 9.06.